The van der Waals surface area contributed by atoms with Crippen LogP contribution in [0.5, 0.6) is 0 Å². The zero-order chi connectivity index (χ0) is 11.5. The molecule has 0 amide bonds. The van der Waals surface area contributed by atoms with E-state index in [9.17, 15) is 0 Å². The van der Waals surface area contributed by atoms with E-state index in [0.717, 1.165) is 12.2 Å². The Hall–Kier alpha value is -1.51. The Bertz CT molecular complexity index is 402. The molecule has 1 N–H and O–H groups in total. The summed E-state index contributed by atoms with van der Waals surface area (Å²) in [5.41, 5.74) is 1.04. The van der Waals surface area contributed by atoms with Gasteiger partial charge in [0.15, 0.2) is 0 Å². The van der Waals surface area contributed by atoms with Crippen LogP contribution in [0.4, 0.5) is 5.69 Å². The molecule has 0 radical (unpaired) electrons. The maximum Gasteiger partial charge on any atom is 0.289 e. The lowest BCUT2D eigenvalue weighted by Gasteiger charge is -2.34. The van der Waals surface area contributed by atoms with E-state index < -0.39 is 0 Å². The van der Waals surface area contributed by atoms with Crippen molar-refractivity contribution in [2.24, 2.45) is 10.9 Å². The molecule has 3 nitrogen and oxygen atoms in total. The number of amidine groups is 1. The number of benzene rings is 1. The number of fused-ring (bicyclic) bond motifs is 1. The van der Waals surface area contributed by atoms with Crippen LogP contribution >= 0.6 is 0 Å². The summed E-state index contributed by atoms with van der Waals surface area (Å²) in [4.78, 5) is 4.49. The van der Waals surface area contributed by atoms with Crippen molar-refractivity contribution in [2.45, 2.75) is 31.8 Å². The van der Waals surface area contributed by atoms with Gasteiger partial charge < -0.3 is 10.1 Å². The number of para-hydroxylation sites is 1. The van der Waals surface area contributed by atoms with E-state index in [1.54, 1.807) is 0 Å². The average molecular weight is 230 g/mol. The SMILES string of the molecule is c1ccc(NC2=NC[C@@H]3CCCC[C@@H]3O2)cc1. The smallest absolute Gasteiger partial charge is 0.289 e. The molecule has 1 aliphatic carbocycles. The number of aliphatic imine (C=N–C) groups is 1. The number of ether oxygens (including phenoxy) is 1. The number of nitrogens with one attached hydrogen (secondary N) is 1. The molecule has 1 fully saturated rings. The topological polar surface area (TPSA) is 33.6 Å². The van der Waals surface area contributed by atoms with Crippen LogP contribution in [0.25, 0.3) is 0 Å². The summed E-state index contributed by atoms with van der Waals surface area (Å²) in [6.07, 6.45) is 5.46. The van der Waals surface area contributed by atoms with Crippen molar-refractivity contribution in [1.82, 2.24) is 0 Å². The molecule has 17 heavy (non-hydrogen) atoms. The van der Waals surface area contributed by atoms with Crippen LogP contribution in [0.1, 0.15) is 25.7 Å². The second kappa shape index (κ2) is 4.78. The van der Waals surface area contributed by atoms with E-state index in [0.29, 0.717) is 18.0 Å². The fourth-order valence-corrected chi connectivity index (χ4v) is 2.63. The van der Waals surface area contributed by atoms with Crippen molar-refractivity contribution in [3.05, 3.63) is 30.3 Å². The lowest BCUT2D eigenvalue weighted by Crippen LogP contribution is -2.38. The Kier molecular flexibility index (Phi) is 2.99. The molecular weight excluding hydrogens is 212 g/mol. The largest absolute Gasteiger partial charge is 0.461 e. The standard InChI is InChI=1S/C14H18N2O/c1-2-7-12(8-3-1)16-14-15-10-11-6-4-5-9-13(11)17-14/h1-3,7-8,11,13H,4-6,9-10H2,(H,15,16)/t11-,13-/m0/s1. The van der Waals surface area contributed by atoms with Crippen LogP contribution in [-0.4, -0.2) is 18.7 Å². The van der Waals surface area contributed by atoms with Crippen molar-refractivity contribution in [1.29, 1.82) is 0 Å². The highest BCUT2D eigenvalue weighted by Crippen LogP contribution is 2.29. The second-order valence-corrected chi connectivity index (χ2v) is 4.84. The van der Waals surface area contributed by atoms with Gasteiger partial charge in [-0.1, -0.05) is 24.6 Å². The normalized spacial score (nSPS) is 27.6. The summed E-state index contributed by atoms with van der Waals surface area (Å²) in [5, 5.41) is 3.24. The maximum absolute atomic E-state index is 5.93. The Labute approximate surface area is 102 Å². The van der Waals surface area contributed by atoms with Gasteiger partial charge in [-0.3, -0.25) is 0 Å². The quantitative estimate of drug-likeness (QED) is 0.804. The fraction of sp³-hybridized carbons (Fsp3) is 0.500. The predicted molar refractivity (Wildman–Crippen MR) is 69.2 cm³/mol. The third-order valence-electron chi connectivity index (χ3n) is 3.60. The van der Waals surface area contributed by atoms with E-state index in [4.69, 9.17) is 4.74 Å². The Morgan fingerprint density at radius 3 is 2.82 bits per heavy atom. The first-order valence-electron chi connectivity index (χ1n) is 6.45. The average Bonchev–Trinajstić information content (AvgIpc) is 2.40. The minimum absolute atomic E-state index is 0.382. The summed E-state index contributed by atoms with van der Waals surface area (Å²) in [7, 11) is 0. The summed E-state index contributed by atoms with van der Waals surface area (Å²) < 4.78 is 5.93. The molecule has 1 aliphatic heterocycles. The van der Waals surface area contributed by atoms with Gasteiger partial charge in [-0.25, -0.2) is 4.99 Å². The number of anilines is 1. The number of nitrogens with zero attached hydrogens (tertiary/aromatic N) is 1. The molecule has 3 heteroatoms. The van der Waals surface area contributed by atoms with Crippen molar-refractivity contribution >= 4 is 11.7 Å². The zero-order valence-corrected chi connectivity index (χ0v) is 9.93. The molecule has 2 aliphatic rings. The third-order valence-corrected chi connectivity index (χ3v) is 3.60. The van der Waals surface area contributed by atoms with E-state index in [1.165, 1.54) is 25.7 Å². The highest BCUT2D eigenvalue weighted by atomic mass is 16.5. The summed E-state index contributed by atoms with van der Waals surface area (Å²) in [6, 6.07) is 10.8. The first-order chi connectivity index (χ1) is 8.42. The van der Waals surface area contributed by atoms with E-state index in [2.05, 4.69) is 10.3 Å². The highest BCUT2D eigenvalue weighted by Gasteiger charge is 2.30. The van der Waals surface area contributed by atoms with Gasteiger partial charge in [-0.15, -0.1) is 0 Å². The van der Waals surface area contributed by atoms with E-state index in [-0.39, 0.29) is 0 Å². The minimum Gasteiger partial charge on any atom is -0.461 e. The molecule has 90 valence electrons. The highest BCUT2D eigenvalue weighted by molar-refractivity contribution is 5.89. The van der Waals surface area contributed by atoms with Gasteiger partial charge in [-0.2, -0.15) is 0 Å². The van der Waals surface area contributed by atoms with Crippen molar-refractivity contribution < 1.29 is 4.74 Å². The lowest BCUT2D eigenvalue weighted by atomic mass is 9.86. The van der Waals surface area contributed by atoms with Crippen LogP contribution in [0.2, 0.25) is 0 Å². The van der Waals surface area contributed by atoms with Crippen LogP contribution in [0.15, 0.2) is 35.3 Å². The van der Waals surface area contributed by atoms with Gasteiger partial charge in [0.2, 0.25) is 0 Å². The third kappa shape index (κ3) is 2.43. The van der Waals surface area contributed by atoms with E-state index in [1.807, 2.05) is 30.3 Å². The van der Waals surface area contributed by atoms with Crippen molar-refractivity contribution in [3.63, 3.8) is 0 Å². The maximum atomic E-state index is 5.93. The molecule has 1 aromatic rings. The van der Waals surface area contributed by atoms with Crippen LogP contribution < -0.4 is 5.32 Å². The molecule has 0 spiro atoms. The summed E-state index contributed by atoms with van der Waals surface area (Å²) >= 11 is 0. The Morgan fingerprint density at radius 2 is 1.94 bits per heavy atom. The molecule has 0 bridgehead atoms. The van der Waals surface area contributed by atoms with Crippen LogP contribution in [-0.2, 0) is 4.74 Å². The number of rotatable bonds is 1. The molecule has 0 unspecified atom stereocenters. The van der Waals surface area contributed by atoms with Crippen LogP contribution in [0.3, 0.4) is 0 Å². The molecule has 2 atom stereocenters. The van der Waals surface area contributed by atoms with Gasteiger partial charge in [0.05, 0.1) is 6.54 Å². The Balaban J connectivity index is 1.67. The van der Waals surface area contributed by atoms with Gasteiger partial charge in [-0.05, 0) is 31.4 Å². The lowest BCUT2D eigenvalue weighted by molar-refractivity contribution is 0.0718. The second-order valence-electron chi connectivity index (χ2n) is 4.84. The molecule has 1 saturated carbocycles. The summed E-state index contributed by atoms with van der Waals surface area (Å²) in [5.74, 6) is 0.644. The fourth-order valence-electron chi connectivity index (χ4n) is 2.63. The number of hydrogen-bond acceptors (Lipinski definition) is 3. The van der Waals surface area contributed by atoms with Gasteiger partial charge in [0, 0.05) is 11.6 Å². The molecule has 1 aromatic carbocycles. The molecule has 3 rings (SSSR count). The van der Waals surface area contributed by atoms with Gasteiger partial charge in [0.25, 0.3) is 6.02 Å². The monoisotopic (exact) mass is 230 g/mol. The molecule has 0 saturated heterocycles. The first kappa shape index (κ1) is 10.6. The minimum atomic E-state index is 0.382. The Morgan fingerprint density at radius 1 is 1.12 bits per heavy atom. The molecule has 1 heterocycles. The van der Waals surface area contributed by atoms with Crippen molar-refractivity contribution in [3.8, 4) is 0 Å². The predicted octanol–water partition coefficient (Wildman–Crippen LogP) is 3.04. The number of hydrogen-bond donors (Lipinski definition) is 1. The van der Waals surface area contributed by atoms with Gasteiger partial charge >= 0.3 is 0 Å². The van der Waals surface area contributed by atoms with E-state index >= 15 is 0 Å². The van der Waals surface area contributed by atoms with Gasteiger partial charge in [0.1, 0.15) is 6.10 Å². The molecule has 0 aromatic heterocycles. The first-order valence-corrected chi connectivity index (χ1v) is 6.45. The summed E-state index contributed by atoms with van der Waals surface area (Å²) in [6.45, 7) is 0.917. The zero-order valence-electron chi connectivity index (χ0n) is 9.93. The van der Waals surface area contributed by atoms with Crippen molar-refractivity contribution in [2.75, 3.05) is 11.9 Å². The van der Waals surface area contributed by atoms with Crippen LogP contribution in [0, 0.1) is 5.92 Å². The molecular formula is C14H18N2O.